The van der Waals surface area contributed by atoms with Gasteiger partial charge in [-0.1, -0.05) is 176 Å². The molecule has 1 aromatic heterocycles. The van der Waals surface area contributed by atoms with Crippen molar-refractivity contribution in [2.24, 2.45) is 0 Å². The first-order valence-electron chi connectivity index (χ1n) is 19.8. The maximum atomic E-state index is 2.52. The van der Waals surface area contributed by atoms with Gasteiger partial charge in [-0.15, -0.1) is 0 Å². The summed E-state index contributed by atoms with van der Waals surface area (Å²) in [4.78, 5) is 2.47. The number of anilines is 3. The van der Waals surface area contributed by atoms with E-state index in [0.29, 0.717) is 0 Å². The van der Waals surface area contributed by atoms with Crippen LogP contribution in [0.15, 0.2) is 218 Å². The molecule has 1 aliphatic carbocycles. The Hall–Kier alpha value is -7.42. The Balaban J connectivity index is 1.11. The van der Waals surface area contributed by atoms with E-state index >= 15 is 0 Å². The molecule has 0 fully saturated rings. The molecule has 0 saturated carbocycles. The van der Waals surface area contributed by atoms with E-state index in [1.54, 1.807) is 0 Å². The number of fused-ring (bicyclic) bond motifs is 12. The van der Waals surface area contributed by atoms with E-state index in [4.69, 9.17) is 0 Å². The zero-order chi connectivity index (χ0) is 37.5. The van der Waals surface area contributed by atoms with Gasteiger partial charge in [0.25, 0.3) is 0 Å². The number of aromatic nitrogens is 1. The highest BCUT2D eigenvalue weighted by Crippen LogP contribution is 2.63. The van der Waals surface area contributed by atoms with Crippen molar-refractivity contribution < 1.29 is 0 Å². The van der Waals surface area contributed by atoms with E-state index in [0.717, 1.165) is 11.4 Å². The molecular formula is C55H36N2. The molecule has 1 aliphatic heterocycles. The van der Waals surface area contributed by atoms with Crippen molar-refractivity contribution in [3.63, 3.8) is 0 Å². The van der Waals surface area contributed by atoms with Crippen LogP contribution in [-0.4, -0.2) is 4.57 Å². The molecule has 2 heterocycles. The SMILES string of the molecule is c1ccc(-c2ccc(-c3ccc(N(c4ccccc4)c4cccc5c4C4(c6ccccc6-5)c5ccccc5-n5c6ccccc6c6cccc4c65)cc3)cc2)cc1. The lowest BCUT2D eigenvalue weighted by atomic mass is 9.65. The molecular weight excluding hydrogens is 689 g/mol. The Labute approximate surface area is 332 Å². The standard InChI is InChI=1S/C55H36N2/c1-3-15-37(16-4-1)38-29-31-39(32-30-38)40-33-35-42(36-34-40)56(41-17-5-2-6-18-41)52-28-14-21-45-43-19-7-9-23-47(43)55(53(45)52)48-24-10-12-27-51(48)57-50-26-11-8-20-44(50)46-22-13-25-49(55)54(46)57/h1-36H. The summed E-state index contributed by atoms with van der Waals surface area (Å²) < 4.78 is 2.52. The van der Waals surface area contributed by atoms with Crippen molar-refractivity contribution in [1.29, 1.82) is 0 Å². The van der Waals surface area contributed by atoms with Crippen molar-refractivity contribution >= 4 is 38.9 Å². The van der Waals surface area contributed by atoms with Gasteiger partial charge in [0.2, 0.25) is 0 Å². The quantitative estimate of drug-likeness (QED) is 0.172. The van der Waals surface area contributed by atoms with Crippen LogP contribution in [0.3, 0.4) is 0 Å². The number of hydrogen-bond acceptors (Lipinski definition) is 1. The van der Waals surface area contributed by atoms with Gasteiger partial charge >= 0.3 is 0 Å². The summed E-state index contributed by atoms with van der Waals surface area (Å²) in [6, 6.07) is 80.5. The molecule has 12 rings (SSSR count). The second-order valence-electron chi connectivity index (χ2n) is 15.2. The van der Waals surface area contributed by atoms with E-state index in [1.165, 1.54) is 88.8 Å². The molecule has 9 aromatic carbocycles. The molecule has 0 radical (unpaired) electrons. The van der Waals surface area contributed by atoms with Gasteiger partial charge in [0, 0.05) is 27.7 Å². The first kappa shape index (κ1) is 31.9. The van der Waals surface area contributed by atoms with Gasteiger partial charge in [0.1, 0.15) is 0 Å². The van der Waals surface area contributed by atoms with Crippen molar-refractivity contribution in [3.8, 4) is 39.1 Å². The van der Waals surface area contributed by atoms with E-state index in [-0.39, 0.29) is 0 Å². The average molecular weight is 725 g/mol. The third-order valence-corrected chi connectivity index (χ3v) is 12.4. The summed E-state index contributed by atoms with van der Waals surface area (Å²) in [6.45, 7) is 0. The summed E-state index contributed by atoms with van der Waals surface area (Å²) in [6.07, 6.45) is 0. The number of nitrogens with zero attached hydrogens (tertiary/aromatic N) is 2. The van der Waals surface area contributed by atoms with Crippen LogP contribution in [0.2, 0.25) is 0 Å². The summed E-state index contributed by atoms with van der Waals surface area (Å²) >= 11 is 0. The number of para-hydroxylation sites is 4. The maximum Gasteiger partial charge on any atom is 0.0775 e. The average Bonchev–Trinajstić information content (AvgIpc) is 3.79. The summed E-state index contributed by atoms with van der Waals surface area (Å²) in [5, 5.41) is 2.56. The molecule has 2 heteroatoms. The monoisotopic (exact) mass is 724 g/mol. The fourth-order valence-corrected chi connectivity index (χ4v) is 10.1. The van der Waals surface area contributed by atoms with E-state index in [2.05, 4.69) is 228 Å². The van der Waals surface area contributed by atoms with Crippen LogP contribution in [0.25, 0.3) is 60.9 Å². The van der Waals surface area contributed by atoms with Crippen LogP contribution in [0.4, 0.5) is 17.1 Å². The first-order valence-corrected chi connectivity index (χ1v) is 19.8. The first-order chi connectivity index (χ1) is 28.3. The highest BCUT2D eigenvalue weighted by Gasteiger charge is 2.52. The summed E-state index contributed by atoms with van der Waals surface area (Å²) in [5.74, 6) is 0. The Morgan fingerprint density at radius 1 is 0.351 bits per heavy atom. The summed E-state index contributed by atoms with van der Waals surface area (Å²) in [5.41, 5.74) is 19.2. The van der Waals surface area contributed by atoms with Gasteiger partial charge in [0.05, 0.1) is 27.8 Å². The van der Waals surface area contributed by atoms with Crippen molar-refractivity contribution in [2.45, 2.75) is 5.41 Å². The molecule has 1 atom stereocenters. The van der Waals surface area contributed by atoms with Gasteiger partial charge in [-0.25, -0.2) is 0 Å². The van der Waals surface area contributed by atoms with Crippen molar-refractivity contribution in [3.05, 3.63) is 241 Å². The lowest BCUT2D eigenvalue weighted by molar-refractivity contribution is 0.748. The zero-order valence-corrected chi connectivity index (χ0v) is 31.2. The van der Waals surface area contributed by atoms with Crippen LogP contribution in [-0.2, 0) is 5.41 Å². The smallest absolute Gasteiger partial charge is 0.0775 e. The maximum absolute atomic E-state index is 2.52. The van der Waals surface area contributed by atoms with Crippen LogP contribution >= 0.6 is 0 Å². The molecule has 0 N–H and O–H groups in total. The molecule has 57 heavy (non-hydrogen) atoms. The molecule has 1 unspecified atom stereocenters. The highest BCUT2D eigenvalue weighted by atomic mass is 15.1. The fourth-order valence-electron chi connectivity index (χ4n) is 10.1. The Bertz CT molecular complexity index is 3160. The number of rotatable bonds is 5. The topological polar surface area (TPSA) is 8.17 Å². The Morgan fingerprint density at radius 3 is 1.65 bits per heavy atom. The van der Waals surface area contributed by atoms with Gasteiger partial charge < -0.3 is 9.47 Å². The second-order valence-corrected chi connectivity index (χ2v) is 15.2. The molecule has 10 aromatic rings. The third kappa shape index (κ3) is 4.47. The van der Waals surface area contributed by atoms with Crippen LogP contribution in [0.5, 0.6) is 0 Å². The second kappa shape index (κ2) is 12.3. The molecule has 266 valence electrons. The predicted molar refractivity (Wildman–Crippen MR) is 237 cm³/mol. The normalized spacial score (nSPS) is 14.7. The molecule has 0 bridgehead atoms. The van der Waals surface area contributed by atoms with Gasteiger partial charge in [0.15, 0.2) is 0 Å². The predicted octanol–water partition coefficient (Wildman–Crippen LogP) is 14.3. The van der Waals surface area contributed by atoms with E-state index in [1.807, 2.05) is 0 Å². The number of hydrogen-bond donors (Lipinski definition) is 0. The molecule has 2 aliphatic rings. The molecule has 1 spiro atoms. The van der Waals surface area contributed by atoms with Gasteiger partial charge in [-0.05, 0) is 92.5 Å². The minimum atomic E-state index is -0.573. The van der Waals surface area contributed by atoms with Crippen LogP contribution in [0, 0.1) is 0 Å². The van der Waals surface area contributed by atoms with E-state index < -0.39 is 5.41 Å². The van der Waals surface area contributed by atoms with Gasteiger partial charge in [-0.2, -0.15) is 0 Å². The lowest BCUT2D eigenvalue weighted by Crippen LogP contribution is -2.34. The van der Waals surface area contributed by atoms with Crippen LogP contribution in [0.1, 0.15) is 22.3 Å². The van der Waals surface area contributed by atoms with Gasteiger partial charge in [-0.3, -0.25) is 0 Å². The largest absolute Gasteiger partial charge is 0.310 e. The fraction of sp³-hybridized carbons (Fsp3) is 0.0182. The zero-order valence-electron chi connectivity index (χ0n) is 31.2. The van der Waals surface area contributed by atoms with Crippen molar-refractivity contribution in [1.82, 2.24) is 4.57 Å². The number of benzene rings is 9. The molecule has 0 saturated heterocycles. The van der Waals surface area contributed by atoms with E-state index in [9.17, 15) is 0 Å². The third-order valence-electron chi connectivity index (χ3n) is 12.4. The Kier molecular flexibility index (Phi) is 6.88. The highest BCUT2D eigenvalue weighted by molar-refractivity contribution is 6.13. The minimum Gasteiger partial charge on any atom is -0.310 e. The van der Waals surface area contributed by atoms with Crippen molar-refractivity contribution in [2.75, 3.05) is 4.90 Å². The molecule has 0 amide bonds. The van der Waals surface area contributed by atoms with Crippen LogP contribution < -0.4 is 4.90 Å². The summed E-state index contributed by atoms with van der Waals surface area (Å²) in [7, 11) is 0. The Morgan fingerprint density at radius 2 is 0.877 bits per heavy atom. The lowest BCUT2D eigenvalue weighted by Gasteiger charge is -2.41. The minimum absolute atomic E-state index is 0.573. The molecule has 2 nitrogen and oxygen atoms in total.